The van der Waals surface area contributed by atoms with Crippen molar-refractivity contribution in [2.24, 2.45) is 17.8 Å². The van der Waals surface area contributed by atoms with Crippen LogP contribution >= 0.6 is 15.9 Å². The molecule has 1 aliphatic heterocycles. The first-order valence-electron chi connectivity index (χ1n) is 13.9. The fourth-order valence-corrected chi connectivity index (χ4v) is 7.43. The third kappa shape index (κ3) is 4.31. The van der Waals surface area contributed by atoms with E-state index in [9.17, 15) is 19.2 Å². The Hall–Kier alpha value is -3.78. The molecule has 1 fully saturated rings. The van der Waals surface area contributed by atoms with Crippen molar-refractivity contribution in [3.8, 4) is 0 Å². The number of esters is 1. The van der Waals surface area contributed by atoms with Gasteiger partial charge in [0, 0.05) is 22.0 Å². The number of amides is 3. The lowest BCUT2D eigenvalue weighted by atomic mass is 9.55. The number of likely N-dealkylation sites (tertiary alicyclic amines) is 1. The average molecular weight is 616 g/mol. The number of hydrogen-bond donors (Lipinski definition) is 1. The highest BCUT2D eigenvalue weighted by Gasteiger charge is 2.63. The third-order valence-electron chi connectivity index (χ3n) is 8.76. The average Bonchev–Trinajstić information content (AvgIpc) is 3.20. The molecule has 0 saturated carbocycles. The molecule has 7 nitrogen and oxygen atoms in total. The smallest absolute Gasteiger partial charge is 0.330 e. The summed E-state index contributed by atoms with van der Waals surface area (Å²) in [5, 5.41) is 2.79. The number of carbonyl (C=O) groups is 4. The minimum Gasteiger partial charge on any atom is -0.454 e. The lowest BCUT2D eigenvalue weighted by molar-refractivity contribution is -0.162. The van der Waals surface area contributed by atoms with Gasteiger partial charge < -0.3 is 10.1 Å². The monoisotopic (exact) mass is 614 g/mol. The topological polar surface area (TPSA) is 92.8 Å². The first-order chi connectivity index (χ1) is 19.6. The van der Waals surface area contributed by atoms with Gasteiger partial charge in [0.2, 0.25) is 11.8 Å². The first kappa shape index (κ1) is 27.4. The number of hydrogen-bond acceptors (Lipinski definition) is 5. The molecule has 41 heavy (non-hydrogen) atoms. The van der Waals surface area contributed by atoms with Crippen molar-refractivity contribution in [2.45, 2.75) is 45.6 Å². The van der Waals surface area contributed by atoms with E-state index in [1.807, 2.05) is 74.5 Å². The van der Waals surface area contributed by atoms with Crippen LogP contribution < -0.4 is 5.32 Å². The molecule has 8 heteroatoms. The zero-order valence-electron chi connectivity index (χ0n) is 23.3. The molecule has 0 unspecified atom stereocenters. The van der Waals surface area contributed by atoms with E-state index in [0.29, 0.717) is 5.69 Å². The van der Waals surface area contributed by atoms with Gasteiger partial charge in [-0.05, 0) is 65.3 Å². The Morgan fingerprint density at radius 3 is 1.80 bits per heavy atom. The molecular weight excluding hydrogens is 584 g/mol. The summed E-state index contributed by atoms with van der Waals surface area (Å²) < 4.78 is 6.37. The largest absolute Gasteiger partial charge is 0.454 e. The van der Waals surface area contributed by atoms with E-state index < -0.39 is 42.3 Å². The molecular formula is C33H31BrN2O5. The Labute approximate surface area is 247 Å². The van der Waals surface area contributed by atoms with Crippen LogP contribution in [0.4, 0.5) is 5.69 Å². The minimum atomic E-state index is -1.13. The lowest BCUT2D eigenvalue weighted by Gasteiger charge is -2.45. The van der Waals surface area contributed by atoms with Crippen LogP contribution in [-0.4, -0.2) is 41.2 Å². The van der Waals surface area contributed by atoms with E-state index in [1.165, 1.54) is 0 Å². The molecule has 7 rings (SSSR count). The highest BCUT2D eigenvalue weighted by molar-refractivity contribution is 9.10. The fourth-order valence-electron chi connectivity index (χ4n) is 6.97. The molecule has 4 aliphatic rings. The van der Waals surface area contributed by atoms with Crippen molar-refractivity contribution in [3.05, 3.63) is 98.5 Å². The first-order valence-corrected chi connectivity index (χ1v) is 14.7. The normalized spacial score (nSPS) is 22.7. The molecule has 3 amide bonds. The van der Waals surface area contributed by atoms with Gasteiger partial charge >= 0.3 is 5.97 Å². The van der Waals surface area contributed by atoms with Crippen LogP contribution in [0.1, 0.15) is 59.1 Å². The zero-order valence-corrected chi connectivity index (χ0v) is 24.9. The summed E-state index contributed by atoms with van der Waals surface area (Å²) in [5.74, 6) is -4.05. The van der Waals surface area contributed by atoms with Crippen LogP contribution in [-0.2, 0) is 23.9 Å². The van der Waals surface area contributed by atoms with Gasteiger partial charge in [-0.2, -0.15) is 0 Å². The number of nitrogens with zero attached hydrogens (tertiary/aromatic N) is 1. The molecule has 0 radical (unpaired) electrons. The Morgan fingerprint density at radius 2 is 1.34 bits per heavy atom. The van der Waals surface area contributed by atoms with Crippen LogP contribution in [0.5, 0.6) is 0 Å². The predicted molar refractivity (Wildman–Crippen MR) is 157 cm³/mol. The quantitative estimate of drug-likeness (QED) is 0.294. The van der Waals surface area contributed by atoms with Crippen molar-refractivity contribution in [1.82, 2.24) is 4.90 Å². The number of ether oxygens (including phenoxy) is 1. The van der Waals surface area contributed by atoms with Gasteiger partial charge in [0.05, 0.1) is 11.8 Å². The summed E-state index contributed by atoms with van der Waals surface area (Å²) in [4.78, 5) is 55.5. The van der Waals surface area contributed by atoms with Gasteiger partial charge in [0.25, 0.3) is 5.91 Å². The maximum absolute atomic E-state index is 14.1. The predicted octanol–water partition coefficient (Wildman–Crippen LogP) is 5.46. The van der Waals surface area contributed by atoms with E-state index in [2.05, 4.69) is 21.2 Å². The van der Waals surface area contributed by atoms with Crippen LogP contribution in [0.3, 0.4) is 0 Å². The number of rotatable bonds is 6. The summed E-state index contributed by atoms with van der Waals surface area (Å²) >= 11 is 3.48. The highest BCUT2D eigenvalue weighted by Crippen LogP contribution is 2.61. The molecule has 0 aromatic heterocycles. The number of aryl methyl sites for hydroxylation is 2. The Balaban J connectivity index is 1.25. The maximum atomic E-state index is 14.1. The molecule has 2 bridgehead atoms. The van der Waals surface area contributed by atoms with Crippen LogP contribution in [0.15, 0.2) is 65.1 Å². The Bertz CT molecular complexity index is 1500. The Kier molecular flexibility index (Phi) is 6.85. The van der Waals surface area contributed by atoms with Crippen molar-refractivity contribution >= 4 is 45.3 Å². The van der Waals surface area contributed by atoms with Crippen LogP contribution in [0.2, 0.25) is 0 Å². The summed E-state index contributed by atoms with van der Waals surface area (Å²) in [5.41, 5.74) is 6.70. The van der Waals surface area contributed by atoms with Gasteiger partial charge in [0.1, 0.15) is 6.04 Å². The number of anilines is 1. The van der Waals surface area contributed by atoms with E-state index in [0.717, 1.165) is 42.8 Å². The number of carbonyl (C=O) groups excluding carboxylic acids is 4. The highest BCUT2D eigenvalue weighted by atomic mass is 79.9. The van der Waals surface area contributed by atoms with Crippen molar-refractivity contribution < 1.29 is 23.9 Å². The summed E-state index contributed by atoms with van der Waals surface area (Å²) in [6, 6.07) is 18.6. The Morgan fingerprint density at radius 1 is 0.854 bits per heavy atom. The second kappa shape index (κ2) is 10.2. The van der Waals surface area contributed by atoms with Crippen molar-refractivity contribution in [3.63, 3.8) is 0 Å². The summed E-state index contributed by atoms with van der Waals surface area (Å²) in [6.07, 6.45) is 0. The SMILES string of the molecule is Cc1cc(NC(=O)COC(=O)[C@H](C(C)C)N2C(=O)[C@@H]3C4c5ccccc5C(c5ccccc54)[C@H]3C2=O)c(C)cc1Br. The molecule has 3 aromatic carbocycles. The molecule has 1 N–H and O–H groups in total. The van der Waals surface area contributed by atoms with Gasteiger partial charge in [-0.15, -0.1) is 0 Å². The minimum absolute atomic E-state index is 0.258. The molecule has 1 saturated heterocycles. The molecule has 3 aromatic rings. The zero-order chi connectivity index (χ0) is 29.2. The standard InChI is InChI=1S/C33H31BrN2O5/c1-16(2)30(33(40)41-15-25(37)35-24-14-17(3)23(34)13-18(24)4)36-31(38)28-26-19-9-5-6-10-20(19)27(29(28)32(36)39)22-12-8-7-11-21(22)26/h5-14,16,26-30H,15H2,1-4H3,(H,35,37)/t26?,27?,28-,29-,30+/m1/s1. The van der Waals surface area contributed by atoms with Gasteiger partial charge in [-0.3, -0.25) is 19.3 Å². The molecule has 0 spiro atoms. The van der Waals surface area contributed by atoms with E-state index in [-0.39, 0.29) is 23.7 Å². The van der Waals surface area contributed by atoms with E-state index in [4.69, 9.17) is 4.74 Å². The van der Waals surface area contributed by atoms with Crippen molar-refractivity contribution in [1.29, 1.82) is 0 Å². The summed E-state index contributed by atoms with van der Waals surface area (Å²) in [7, 11) is 0. The van der Waals surface area contributed by atoms with E-state index in [1.54, 1.807) is 13.8 Å². The van der Waals surface area contributed by atoms with Gasteiger partial charge in [0.15, 0.2) is 6.61 Å². The number of nitrogens with one attached hydrogen (secondary N) is 1. The van der Waals surface area contributed by atoms with E-state index >= 15 is 0 Å². The molecule has 3 atom stereocenters. The van der Waals surface area contributed by atoms with Crippen molar-refractivity contribution in [2.75, 3.05) is 11.9 Å². The fraction of sp³-hybridized carbons (Fsp3) is 0.333. The third-order valence-corrected chi connectivity index (χ3v) is 9.61. The molecule has 210 valence electrons. The molecule has 3 aliphatic carbocycles. The summed E-state index contributed by atoms with van der Waals surface area (Å²) in [6.45, 7) is 6.81. The maximum Gasteiger partial charge on any atom is 0.330 e. The van der Waals surface area contributed by atoms with Gasteiger partial charge in [-0.1, -0.05) is 78.3 Å². The molecule has 1 heterocycles. The number of imide groups is 1. The van der Waals surface area contributed by atoms with Crippen LogP contribution in [0, 0.1) is 31.6 Å². The lowest BCUT2D eigenvalue weighted by Crippen LogP contribution is -2.49. The van der Waals surface area contributed by atoms with Gasteiger partial charge in [-0.25, -0.2) is 4.79 Å². The number of benzene rings is 3. The second-order valence-electron chi connectivity index (χ2n) is 11.6. The van der Waals surface area contributed by atoms with Crippen LogP contribution in [0.25, 0.3) is 0 Å². The number of halogens is 1. The second-order valence-corrected chi connectivity index (χ2v) is 12.4.